The lowest BCUT2D eigenvalue weighted by molar-refractivity contribution is 0.501. The van der Waals surface area contributed by atoms with E-state index in [1.807, 2.05) is 31.7 Å². The van der Waals surface area contributed by atoms with Crippen molar-refractivity contribution in [2.24, 2.45) is 4.99 Å². The fourth-order valence-electron chi connectivity index (χ4n) is 3.20. The molecule has 0 amide bonds. The predicted molar refractivity (Wildman–Crippen MR) is 101 cm³/mol. The predicted octanol–water partition coefficient (Wildman–Crippen LogP) is 2.76. The molecule has 0 bridgehead atoms. The van der Waals surface area contributed by atoms with Crippen LogP contribution in [0.2, 0.25) is 0 Å². The van der Waals surface area contributed by atoms with E-state index in [0.717, 1.165) is 42.6 Å². The highest BCUT2D eigenvalue weighted by atomic mass is 19.1. The van der Waals surface area contributed by atoms with Crippen LogP contribution in [-0.2, 0) is 6.54 Å². The summed E-state index contributed by atoms with van der Waals surface area (Å²) in [6, 6.07) is 5.27. The van der Waals surface area contributed by atoms with Gasteiger partial charge in [0, 0.05) is 37.4 Å². The number of nitrogens with zero attached hydrogens (tertiary/aromatic N) is 3. The summed E-state index contributed by atoms with van der Waals surface area (Å²) >= 11 is 0. The van der Waals surface area contributed by atoms with Gasteiger partial charge in [0.2, 0.25) is 0 Å². The molecule has 3 rings (SSSR count). The minimum absolute atomic E-state index is 0.196. The normalized spacial score (nSPS) is 17.6. The van der Waals surface area contributed by atoms with Gasteiger partial charge in [0.1, 0.15) is 11.5 Å². The lowest BCUT2D eigenvalue weighted by Crippen LogP contribution is -2.44. The summed E-state index contributed by atoms with van der Waals surface area (Å²) in [4.78, 5) is 10.8. The van der Waals surface area contributed by atoms with Crippen LogP contribution in [0.4, 0.5) is 10.2 Å². The molecule has 1 saturated heterocycles. The van der Waals surface area contributed by atoms with Crippen LogP contribution in [0.3, 0.4) is 0 Å². The minimum atomic E-state index is -0.278. The van der Waals surface area contributed by atoms with Gasteiger partial charge in [0.25, 0.3) is 0 Å². The fourth-order valence-corrected chi connectivity index (χ4v) is 3.20. The van der Waals surface area contributed by atoms with Crippen molar-refractivity contribution >= 4 is 11.8 Å². The quantitative estimate of drug-likeness (QED) is 0.635. The van der Waals surface area contributed by atoms with Crippen LogP contribution < -0.4 is 15.5 Å². The smallest absolute Gasteiger partial charge is 0.191 e. The molecule has 2 aromatic heterocycles. The summed E-state index contributed by atoms with van der Waals surface area (Å²) in [6.07, 6.45) is 2.53. The average Bonchev–Trinajstić information content (AvgIpc) is 3.19. The summed E-state index contributed by atoms with van der Waals surface area (Å²) < 4.78 is 19.5. The fraction of sp³-hybridized carbons (Fsp3) is 0.474. The van der Waals surface area contributed by atoms with Gasteiger partial charge < -0.3 is 20.0 Å². The highest BCUT2D eigenvalue weighted by Gasteiger charge is 2.25. The maximum absolute atomic E-state index is 13.9. The molecule has 1 fully saturated rings. The summed E-state index contributed by atoms with van der Waals surface area (Å²) in [6.45, 7) is 8.73. The van der Waals surface area contributed by atoms with Gasteiger partial charge in [0.05, 0.1) is 6.54 Å². The maximum atomic E-state index is 13.9. The Morgan fingerprint density at radius 2 is 2.31 bits per heavy atom. The number of halogens is 1. The van der Waals surface area contributed by atoms with Crippen molar-refractivity contribution in [3.05, 3.63) is 47.3 Å². The molecule has 2 N–H and O–H groups in total. The molecule has 1 atom stereocenters. The Kier molecular flexibility index (Phi) is 5.75. The molecule has 0 saturated carbocycles. The van der Waals surface area contributed by atoms with Crippen LogP contribution >= 0.6 is 0 Å². The third-order valence-electron chi connectivity index (χ3n) is 4.46. The van der Waals surface area contributed by atoms with Crippen LogP contribution in [0, 0.1) is 19.7 Å². The number of aromatic nitrogens is 1. The van der Waals surface area contributed by atoms with Gasteiger partial charge in [-0.25, -0.2) is 14.4 Å². The first-order valence-electron chi connectivity index (χ1n) is 9.03. The molecule has 2 aromatic rings. The number of pyridine rings is 1. The van der Waals surface area contributed by atoms with E-state index in [4.69, 9.17) is 4.42 Å². The first-order valence-corrected chi connectivity index (χ1v) is 9.03. The number of hydrogen-bond donors (Lipinski definition) is 2. The zero-order valence-electron chi connectivity index (χ0n) is 15.6. The topological polar surface area (TPSA) is 65.7 Å². The van der Waals surface area contributed by atoms with E-state index >= 15 is 0 Å². The van der Waals surface area contributed by atoms with E-state index in [-0.39, 0.29) is 11.9 Å². The SMILES string of the molecule is CCNC(=NCc1cc(C)oc1C)NC1CCN(c2ncccc2F)C1. The standard InChI is InChI=1S/C19H26FN5O/c1-4-21-19(23-11-15-10-13(2)26-14(15)3)24-16-7-9-25(12-16)18-17(20)6-5-8-22-18/h5-6,8,10,16H,4,7,9,11-12H2,1-3H3,(H2,21,23,24). The van der Waals surface area contributed by atoms with Crippen LogP contribution in [0.5, 0.6) is 0 Å². The van der Waals surface area contributed by atoms with E-state index in [0.29, 0.717) is 18.9 Å². The van der Waals surface area contributed by atoms with Crippen molar-refractivity contribution in [3.8, 4) is 0 Å². The number of furan rings is 1. The third-order valence-corrected chi connectivity index (χ3v) is 4.46. The van der Waals surface area contributed by atoms with Crippen molar-refractivity contribution in [2.75, 3.05) is 24.5 Å². The van der Waals surface area contributed by atoms with Crippen LogP contribution in [0.15, 0.2) is 33.8 Å². The van der Waals surface area contributed by atoms with E-state index < -0.39 is 0 Å². The lowest BCUT2D eigenvalue weighted by atomic mass is 10.2. The minimum Gasteiger partial charge on any atom is -0.466 e. The van der Waals surface area contributed by atoms with E-state index in [2.05, 4.69) is 20.6 Å². The molecule has 0 aromatic carbocycles. The second-order valence-electron chi connectivity index (χ2n) is 6.52. The van der Waals surface area contributed by atoms with Gasteiger partial charge in [-0.15, -0.1) is 0 Å². The number of guanidine groups is 1. The van der Waals surface area contributed by atoms with Crippen molar-refractivity contribution < 1.29 is 8.81 Å². The molecule has 26 heavy (non-hydrogen) atoms. The Morgan fingerprint density at radius 3 is 3.00 bits per heavy atom. The monoisotopic (exact) mass is 359 g/mol. The second kappa shape index (κ2) is 8.21. The van der Waals surface area contributed by atoms with Gasteiger partial charge in [0.15, 0.2) is 17.6 Å². The zero-order valence-corrected chi connectivity index (χ0v) is 15.6. The molecule has 1 unspecified atom stereocenters. The maximum Gasteiger partial charge on any atom is 0.191 e. The molecular formula is C19H26FN5O. The van der Waals surface area contributed by atoms with Gasteiger partial charge in [-0.3, -0.25) is 0 Å². The van der Waals surface area contributed by atoms with Crippen molar-refractivity contribution in [3.63, 3.8) is 0 Å². The number of nitrogens with one attached hydrogen (secondary N) is 2. The molecule has 140 valence electrons. The highest BCUT2D eigenvalue weighted by molar-refractivity contribution is 5.80. The van der Waals surface area contributed by atoms with Gasteiger partial charge in [-0.05, 0) is 45.4 Å². The van der Waals surface area contributed by atoms with E-state index in [1.165, 1.54) is 6.07 Å². The third kappa shape index (κ3) is 4.33. The number of rotatable bonds is 5. The van der Waals surface area contributed by atoms with E-state index in [9.17, 15) is 4.39 Å². The Hall–Kier alpha value is -2.57. The van der Waals surface area contributed by atoms with Crippen LogP contribution in [0.1, 0.15) is 30.4 Å². The van der Waals surface area contributed by atoms with Crippen molar-refractivity contribution in [1.82, 2.24) is 15.6 Å². The first-order chi connectivity index (χ1) is 12.6. The molecule has 0 radical (unpaired) electrons. The summed E-state index contributed by atoms with van der Waals surface area (Å²) in [5.41, 5.74) is 1.09. The summed E-state index contributed by atoms with van der Waals surface area (Å²) in [5.74, 6) is 2.70. The Labute approximate surface area is 153 Å². The summed E-state index contributed by atoms with van der Waals surface area (Å²) in [5, 5.41) is 6.72. The number of aryl methyl sites for hydroxylation is 2. The Balaban J connectivity index is 1.62. The molecule has 0 spiro atoms. The molecule has 3 heterocycles. The first kappa shape index (κ1) is 18.2. The number of hydrogen-bond acceptors (Lipinski definition) is 4. The number of anilines is 1. The summed E-state index contributed by atoms with van der Waals surface area (Å²) in [7, 11) is 0. The molecule has 0 aliphatic carbocycles. The van der Waals surface area contributed by atoms with Crippen molar-refractivity contribution in [2.45, 2.75) is 39.8 Å². The Morgan fingerprint density at radius 1 is 1.46 bits per heavy atom. The average molecular weight is 359 g/mol. The van der Waals surface area contributed by atoms with Crippen LogP contribution in [-0.4, -0.2) is 36.6 Å². The lowest BCUT2D eigenvalue weighted by Gasteiger charge is -2.19. The van der Waals surface area contributed by atoms with E-state index in [1.54, 1.807) is 12.3 Å². The largest absolute Gasteiger partial charge is 0.466 e. The molecule has 7 heteroatoms. The van der Waals surface area contributed by atoms with Gasteiger partial charge >= 0.3 is 0 Å². The van der Waals surface area contributed by atoms with Gasteiger partial charge in [-0.2, -0.15) is 0 Å². The number of aliphatic imine (C=N–C) groups is 1. The van der Waals surface area contributed by atoms with Gasteiger partial charge in [-0.1, -0.05) is 0 Å². The van der Waals surface area contributed by atoms with Crippen molar-refractivity contribution in [1.29, 1.82) is 0 Å². The zero-order chi connectivity index (χ0) is 18.5. The molecule has 1 aliphatic heterocycles. The molecule has 6 nitrogen and oxygen atoms in total. The Bertz CT molecular complexity index is 773. The second-order valence-corrected chi connectivity index (χ2v) is 6.52. The highest BCUT2D eigenvalue weighted by Crippen LogP contribution is 2.21. The molecular weight excluding hydrogens is 333 g/mol. The molecule has 1 aliphatic rings. The van der Waals surface area contributed by atoms with Crippen LogP contribution in [0.25, 0.3) is 0 Å².